The first-order chi connectivity index (χ1) is 5.33. The number of hydrogen-bond acceptors (Lipinski definition) is 6. The van der Waals surface area contributed by atoms with Gasteiger partial charge in [0.25, 0.3) is 0 Å². The molecule has 0 bridgehead atoms. The number of hydrogen-bond donors (Lipinski definition) is 1. The van der Waals surface area contributed by atoms with Crippen molar-refractivity contribution in [2.75, 3.05) is 6.35 Å². The molecule has 1 amide bonds. The molecule has 7 nitrogen and oxygen atoms in total. The number of rotatable bonds is 4. The largest absolute Gasteiger partial charge is 1.00 e. The van der Waals surface area contributed by atoms with Gasteiger partial charge in [0, 0.05) is 6.92 Å². The summed E-state index contributed by atoms with van der Waals surface area (Å²) in [4.78, 5) is 44.2. The molecule has 70 valence electrons. The number of amides is 1. The average molecular weight is 241 g/mol. The van der Waals surface area contributed by atoms with Crippen LogP contribution in [0.3, 0.4) is 0 Å². The van der Waals surface area contributed by atoms with Gasteiger partial charge in [-0.3, -0.25) is 14.4 Å². The Morgan fingerprint density at radius 3 is 2.07 bits per heavy atom. The van der Waals surface area contributed by atoms with Crippen molar-refractivity contribution in [3.8, 4) is 0 Å². The van der Waals surface area contributed by atoms with Gasteiger partial charge in [-0.1, -0.05) is 0 Å². The summed E-state index contributed by atoms with van der Waals surface area (Å²) in [6.45, 7) is 0.965. The van der Waals surface area contributed by atoms with Gasteiger partial charge in [0.15, 0.2) is 0 Å². The standard InChI is InChI=1S/C4H8NO6P.2Na/c1-3(6)4(7)5-11-2-12(8,9)10;;/h2H2,1H3,(H,5,7)(H2,8,9,10);;/q;2*+1/p-2. The van der Waals surface area contributed by atoms with E-state index < -0.39 is 25.6 Å². The van der Waals surface area contributed by atoms with E-state index in [0.29, 0.717) is 0 Å². The fourth-order valence-electron chi connectivity index (χ4n) is 0.249. The molecular formula is C4H6NNa2O6P. The number of Topliss-reactive ketones (excluding diaryl/α,β-unsaturated/α-hetero) is 1. The molecule has 1 N–H and O–H groups in total. The summed E-state index contributed by atoms with van der Waals surface area (Å²) in [5.74, 6) is -1.95. The summed E-state index contributed by atoms with van der Waals surface area (Å²) < 4.78 is 9.89. The summed E-state index contributed by atoms with van der Waals surface area (Å²) in [5.41, 5.74) is 1.48. The Balaban J connectivity index is -0.000000605. The predicted octanol–water partition coefficient (Wildman–Crippen LogP) is -8.50. The number of hydroxylamine groups is 1. The summed E-state index contributed by atoms with van der Waals surface area (Å²) >= 11 is 0. The maximum atomic E-state index is 10.3. The molecule has 0 unspecified atom stereocenters. The summed E-state index contributed by atoms with van der Waals surface area (Å²) in [6, 6.07) is 0. The second-order valence-electron chi connectivity index (χ2n) is 1.87. The van der Waals surface area contributed by atoms with E-state index in [-0.39, 0.29) is 59.1 Å². The van der Waals surface area contributed by atoms with Crippen LogP contribution in [0.4, 0.5) is 0 Å². The van der Waals surface area contributed by atoms with Crippen molar-refractivity contribution in [1.29, 1.82) is 0 Å². The first kappa shape index (κ1) is 20.6. The molecule has 0 aliphatic carbocycles. The maximum Gasteiger partial charge on any atom is 1.00 e. The first-order valence-electron chi connectivity index (χ1n) is 2.76. The average Bonchev–Trinajstić information content (AvgIpc) is 1.84. The molecule has 0 radical (unpaired) electrons. The Kier molecular flexibility index (Phi) is 14.0. The quantitative estimate of drug-likeness (QED) is 0.226. The third-order valence-electron chi connectivity index (χ3n) is 0.707. The molecular weight excluding hydrogens is 235 g/mol. The molecule has 0 aromatic heterocycles. The monoisotopic (exact) mass is 241 g/mol. The van der Waals surface area contributed by atoms with Crippen LogP contribution in [0.15, 0.2) is 0 Å². The van der Waals surface area contributed by atoms with Crippen LogP contribution in [0.5, 0.6) is 0 Å². The molecule has 0 saturated carbocycles. The number of ketones is 1. The van der Waals surface area contributed by atoms with E-state index in [1.807, 2.05) is 0 Å². The molecule has 0 aliphatic heterocycles. The second-order valence-corrected chi connectivity index (χ2v) is 3.35. The van der Waals surface area contributed by atoms with Gasteiger partial charge in [-0.15, -0.1) is 0 Å². The van der Waals surface area contributed by atoms with E-state index in [2.05, 4.69) is 4.84 Å². The van der Waals surface area contributed by atoms with Gasteiger partial charge in [0.05, 0.1) is 0 Å². The Bertz CT molecular complexity index is 240. The van der Waals surface area contributed by atoms with Gasteiger partial charge in [0.1, 0.15) is 6.35 Å². The van der Waals surface area contributed by atoms with Crippen LogP contribution in [0.2, 0.25) is 0 Å². The zero-order valence-corrected chi connectivity index (χ0v) is 13.0. The summed E-state index contributed by atoms with van der Waals surface area (Å²) in [5, 5.41) is 0. The minimum Gasteiger partial charge on any atom is -0.809 e. The van der Waals surface area contributed by atoms with Crippen molar-refractivity contribution < 1.29 is 87.9 Å². The predicted molar refractivity (Wildman–Crippen MR) is 32.4 cm³/mol. The summed E-state index contributed by atoms with van der Waals surface area (Å²) in [6.07, 6.45) is -1.17. The van der Waals surface area contributed by atoms with E-state index >= 15 is 0 Å². The van der Waals surface area contributed by atoms with Crippen LogP contribution in [-0.4, -0.2) is 18.0 Å². The third-order valence-corrected chi connectivity index (χ3v) is 1.15. The molecule has 0 spiro atoms. The fourth-order valence-corrected chi connectivity index (χ4v) is 0.471. The topological polar surface area (TPSA) is 119 Å². The molecule has 0 aliphatic rings. The molecule has 10 heteroatoms. The Labute approximate surface area is 125 Å². The van der Waals surface area contributed by atoms with Crippen LogP contribution in [0.1, 0.15) is 6.92 Å². The van der Waals surface area contributed by atoms with Crippen molar-refractivity contribution in [2.45, 2.75) is 6.92 Å². The van der Waals surface area contributed by atoms with Gasteiger partial charge in [-0.25, -0.2) is 5.48 Å². The Hall–Kier alpha value is 1.25. The SMILES string of the molecule is CC(=O)C(=O)NOCP(=O)([O-])[O-].[Na+].[Na+]. The van der Waals surface area contributed by atoms with Crippen LogP contribution in [0, 0.1) is 0 Å². The van der Waals surface area contributed by atoms with E-state index in [1.54, 1.807) is 0 Å². The van der Waals surface area contributed by atoms with E-state index in [0.717, 1.165) is 6.92 Å². The van der Waals surface area contributed by atoms with E-state index in [9.17, 15) is 23.9 Å². The Morgan fingerprint density at radius 1 is 1.36 bits per heavy atom. The molecule has 0 aromatic rings. The number of carbonyl (C=O) groups excluding carboxylic acids is 2. The molecule has 0 rings (SSSR count). The van der Waals surface area contributed by atoms with Crippen LogP contribution in [0.25, 0.3) is 0 Å². The van der Waals surface area contributed by atoms with Crippen molar-refractivity contribution in [1.82, 2.24) is 5.48 Å². The van der Waals surface area contributed by atoms with Gasteiger partial charge >= 0.3 is 65.0 Å². The van der Waals surface area contributed by atoms with Gasteiger partial charge < -0.3 is 14.4 Å². The van der Waals surface area contributed by atoms with E-state index in [4.69, 9.17) is 0 Å². The maximum absolute atomic E-state index is 10.3. The normalized spacial score (nSPS) is 9.36. The van der Waals surface area contributed by atoms with Crippen LogP contribution >= 0.6 is 7.60 Å². The van der Waals surface area contributed by atoms with Crippen LogP contribution < -0.4 is 74.4 Å². The van der Waals surface area contributed by atoms with Gasteiger partial charge in [-0.2, -0.15) is 0 Å². The number of carbonyl (C=O) groups is 2. The van der Waals surface area contributed by atoms with Crippen molar-refractivity contribution >= 4 is 19.3 Å². The van der Waals surface area contributed by atoms with Crippen molar-refractivity contribution in [2.24, 2.45) is 0 Å². The van der Waals surface area contributed by atoms with E-state index in [1.165, 1.54) is 5.48 Å². The minimum absolute atomic E-state index is 0. The zero-order chi connectivity index (χ0) is 9.78. The van der Waals surface area contributed by atoms with Crippen molar-refractivity contribution in [3.05, 3.63) is 0 Å². The second kappa shape index (κ2) is 9.47. The minimum atomic E-state index is -4.80. The summed E-state index contributed by atoms with van der Waals surface area (Å²) in [7, 11) is -4.80. The molecule has 0 aromatic carbocycles. The van der Waals surface area contributed by atoms with Crippen LogP contribution in [-0.2, 0) is 19.0 Å². The molecule has 0 heterocycles. The zero-order valence-electron chi connectivity index (χ0n) is 8.10. The molecule has 14 heavy (non-hydrogen) atoms. The fraction of sp³-hybridized carbons (Fsp3) is 0.500. The smallest absolute Gasteiger partial charge is 0.809 e. The van der Waals surface area contributed by atoms with Gasteiger partial charge in [-0.05, 0) is 7.60 Å². The van der Waals surface area contributed by atoms with Crippen molar-refractivity contribution in [3.63, 3.8) is 0 Å². The first-order valence-corrected chi connectivity index (χ1v) is 4.49. The molecule has 0 saturated heterocycles. The Morgan fingerprint density at radius 2 is 1.79 bits per heavy atom. The number of nitrogens with one attached hydrogen (secondary N) is 1. The van der Waals surface area contributed by atoms with Gasteiger partial charge in [0.2, 0.25) is 5.78 Å². The molecule has 0 atom stereocenters. The third kappa shape index (κ3) is 13.2. The molecule has 0 fully saturated rings.